The van der Waals surface area contributed by atoms with Crippen molar-refractivity contribution in [3.05, 3.63) is 47.5 Å². The third-order valence-corrected chi connectivity index (χ3v) is 4.90. The van der Waals surface area contributed by atoms with Crippen LogP contribution in [0.3, 0.4) is 0 Å². The van der Waals surface area contributed by atoms with E-state index in [1.807, 2.05) is 26.0 Å². The number of benzene rings is 3. The molecule has 0 aliphatic heterocycles. The minimum Gasteiger partial charge on any atom is -0.490 e. The van der Waals surface area contributed by atoms with Gasteiger partial charge in [0.25, 0.3) is 0 Å². The smallest absolute Gasteiger partial charge is 0.135 e. The molecule has 28 heavy (non-hydrogen) atoms. The number of hydrogen-bond acceptors (Lipinski definition) is 4. The van der Waals surface area contributed by atoms with Crippen molar-refractivity contribution in [1.29, 1.82) is 0 Å². The summed E-state index contributed by atoms with van der Waals surface area (Å²) in [7, 11) is 0. The molecule has 0 radical (unpaired) electrons. The van der Waals surface area contributed by atoms with Crippen molar-refractivity contribution in [3.63, 3.8) is 0 Å². The van der Waals surface area contributed by atoms with Gasteiger partial charge in [0.05, 0.1) is 13.2 Å². The van der Waals surface area contributed by atoms with Gasteiger partial charge in [0.2, 0.25) is 0 Å². The molecular weight excluding hydrogens is 352 g/mol. The summed E-state index contributed by atoms with van der Waals surface area (Å²) in [5.41, 5.74) is 2.47. The van der Waals surface area contributed by atoms with E-state index in [9.17, 15) is 0 Å². The van der Waals surface area contributed by atoms with E-state index < -0.39 is 0 Å². The van der Waals surface area contributed by atoms with Gasteiger partial charge in [-0.1, -0.05) is 24.3 Å². The molecule has 0 saturated heterocycles. The van der Waals surface area contributed by atoms with Gasteiger partial charge in [0.15, 0.2) is 0 Å². The lowest BCUT2D eigenvalue weighted by molar-refractivity contribution is 0.110. The van der Waals surface area contributed by atoms with Gasteiger partial charge in [0.1, 0.15) is 24.7 Å². The lowest BCUT2D eigenvalue weighted by Crippen LogP contribution is -2.09. The third-order valence-electron chi connectivity index (χ3n) is 4.90. The summed E-state index contributed by atoms with van der Waals surface area (Å²) in [4.78, 5) is 0. The maximum absolute atomic E-state index is 6.22. The summed E-state index contributed by atoms with van der Waals surface area (Å²) >= 11 is 0. The topological polar surface area (TPSA) is 36.9 Å². The van der Waals surface area contributed by atoms with Crippen LogP contribution < -0.4 is 9.47 Å². The molecule has 0 fully saturated rings. The summed E-state index contributed by atoms with van der Waals surface area (Å²) in [5, 5.41) is 4.26. The fourth-order valence-corrected chi connectivity index (χ4v) is 3.37. The quantitative estimate of drug-likeness (QED) is 0.346. The van der Waals surface area contributed by atoms with Crippen molar-refractivity contribution in [3.8, 4) is 11.5 Å². The Morgan fingerprint density at radius 3 is 1.43 bits per heavy atom. The Balaban J connectivity index is 2.13. The molecular formula is C24H30O4. The first-order chi connectivity index (χ1) is 13.7. The molecule has 0 atom stereocenters. The number of hydrogen-bond donors (Lipinski definition) is 0. The maximum Gasteiger partial charge on any atom is 0.135 e. The van der Waals surface area contributed by atoms with E-state index in [1.165, 1.54) is 11.1 Å². The molecule has 0 N–H and O–H groups in total. The van der Waals surface area contributed by atoms with Crippen LogP contribution in [0.1, 0.15) is 25.0 Å². The van der Waals surface area contributed by atoms with Gasteiger partial charge in [0, 0.05) is 34.8 Å². The van der Waals surface area contributed by atoms with E-state index in [4.69, 9.17) is 18.9 Å². The predicted octanol–water partition coefficient (Wildman–Crippen LogP) is 5.44. The second kappa shape index (κ2) is 9.76. The molecule has 0 spiro atoms. The van der Waals surface area contributed by atoms with Crippen LogP contribution in [0.25, 0.3) is 21.5 Å². The van der Waals surface area contributed by atoms with E-state index in [0.29, 0.717) is 39.6 Å². The van der Waals surface area contributed by atoms with Crippen LogP contribution in [0.5, 0.6) is 11.5 Å². The zero-order valence-corrected chi connectivity index (χ0v) is 17.3. The van der Waals surface area contributed by atoms with Crippen molar-refractivity contribution in [2.75, 3.05) is 39.6 Å². The first-order valence-corrected chi connectivity index (χ1v) is 10.0. The van der Waals surface area contributed by atoms with Gasteiger partial charge < -0.3 is 18.9 Å². The highest BCUT2D eigenvalue weighted by molar-refractivity contribution is 6.11. The molecule has 150 valence electrons. The SMILES string of the molecule is CCOCCOc1c2ccccc2c(OCCOCC)c2cc(C)c(C)cc12. The zero-order valence-electron chi connectivity index (χ0n) is 17.3. The van der Waals surface area contributed by atoms with Crippen molar-refractivity contribution in [2.24, 2.45) is 0 Å². The van der Waals surface area contributed by atoms with Crippen LogP contribution in [0.4, 0.5) is 0 Å². The molecule has 3 aromatic rings. The third kappa shape index (κ3) is 4.40. The molecule has 4 nitrogen and oxygen atoms in total. The molecule has 0 aliphatic rings. The summed E-state index contributed by atoms with van der Waals surface area (Å²) in [5.74, 6) is 1.79. The van der Waals surface area contributed by atoms with Crippen LogP contribution >= 0.6 is 0 Å². The number of aryl methyl sites for hydroxylation is 2. The monoisotopic (exact) mass is 382 g/mol. The summed E-state index contributed by atoms with van der Waals surface area (Å²) in [6, 6.07) is 12.7. The van der Waals surface area contributed by atoms with Gasteiger partial charge in [-0.15, -0.1) is 0 Å². The van der Waals surface area contributed by atoms with Crippen LogP contribution in [-0.2, 0) is 9.47 Å². The molecule has 0 heterocycles. The summed E-state index contributed by atoms with van der Waals surface area (Å²) in [6.45, 7) is 11.8. The lowest BCUT2D eigenvalue weighted by atomic mass is 9.96. The van der Waals surface area contributed by atoms with Gasteiger partial charge in [-0.3, -0.25) is 0 Å². The minimum absolute atomic E-state index is 0.518. The van der Waals surface area contributed by atoms with Crippen LogP contribution in [0, 0.1) is 13.8 Å². The Morgan fingerprint density at radius 2 is 1.04 bits per heavy atom. The van der Waals surface area contributed by atoms with Gasteiger partial charge in [-0.25, -0.2) is 0 Å². The molecule has 0 unspecified atom stereocenters. The average molecular weight is 383 g/mol. The highest BCUT2D eigenvalue weighted by Gasteiger charge is 2.17. The van der Waals surface area contributed by atoms with Gasteiger partial charge in [-0.05, 0) is 51.0 Å². The average Bonchev–Trinajstić information content (AvgIpc) is 2.70. The van der Waals surface area contributed by atoms with Crippen molar-refractivity contribution >= 4 is 21.5 Å². The molecule has 0 aromatic heterocycles. The fraction of sp³-hybridized carbons (Fsp3) is 0.417. The first-order valence-electron chi connectivity index (χ1n) is 10.0. The van der Waals surface area contributed by atoms with Gasteiger partial charge in [-0.2, -0.15) is 0 Å². The maximum atomic E-state index is 6.22. The van der Waals surface area contributed by atoms with Crippen LogP contribution in [0.2, 0.25) is 0 Å². The van der Waals surface area contributed by atoms with E-state index >= 15 is 0 Å². The summed E-state index contributed by atoms with van der Waals surface area (Å²) < 4.78 is 23.4. The van der Waals surface area contributed by atoms with Crippen LogP contribution in [0.15, 0.2) is 36.4 Å². The normalized spacial score (nSPS) is 11.3. The van der Waals surface area contributed by atoms with E-state index in [1.54, 1.807) is 0 Å². The molecule has 0 amide bonds. The first kappa shape index (κ1) is 20.4. The van der Waals surface area contributed by atoms with E-state index in [-0.39, 0.29) is 0 Å². The summed E-state index contributed by atoms with van der Waals surface area (Å²) in [6.07, 6.45) is 0. The Morgan fingerprint density at radius 1 is 0.607 bits per heavy atom. The Hall–Kier alpha value is -2.30. The van der Waals surface area contributed by atoms with Crippen molar-refractivity contribution in [1.82, 2.24) is 0 Å². The minimum atomic E-state index is 0.518. The zero-order chi connectivity index (χ0) is 19.9. The highest BCUT2D eigenvalue weighted by atomic mass is 16.5. The number of rotatable bonds is 10. The predicted molar refractivity (Wildman–Crippen MR) is 115 cm³/mol. The highest BCUT2D eigenvalue weighted by Crippen LogP contribution is 2.43. The van der Waals surface area contributed by atoms with Crippen molar-refractivity contribution in [2.45, 2.75) is 27.7 Å². The Labute approximate surface area is 167 Å². The second-order valence-corrected chi connectivity index (χ2v) is 6.78. The molecule has 0 aliphatic carbocycles. The number of fused-ring (bicyclic) bond motifs is 2. The van der Waals surface area contributed by atoms with Crippen molar-refractivity contribution < 1.29 is 18.9 Å². The second-order valence-electron chi connectivity index (χ2n) is 6.78. The standard InChI is InChI=1S/C24H30O4/c1-5-25-11-13-27-23-19-9-7-8-10-20(19)24(28-14-12-26-6-2)22-16-18(4)17(3)15-21(22)23/h7-10,15-16H,5-6,11-14H2,1-4H3. The molecule has 0 bridgehead atoms. The molecule has 4 heteroatoms. The van der Waals surface area contributed by atoms with E-state index in [2.05, 4.69) is 38.1 Å². The Bertz CT molecular complexity index is 857. The molecule has 3 aromatic carbocycles. The van der Waals surface area contributed by atoms with Crippen LogP contribution in [-0.4, -0.2) is 39.6 Å². The molecule has 3 rings (SSSR count). The Kier molecular flexibility index (Phi) is 7.12. The van der Waals surface area contributed by atoms with E-state index in [0.717, 1.165) is 33.0 Å². The molecule has 0 saturated carbocycles. The fourth-order valence-electron chi connectivity index (χ4n) is 3.37. The lowest BCUT2D eigenvalue weighted by Gasteiger charge is -2.19. The number of ether oxygens (including phenoxy) is 4. The largest absolute Gasteiger partial charge is 0.490 e. The van der Waals surface area contributed by atoms with Gasteiger partial charge >= 0.3 is 0 Å².